The topological polar surface area (TPSA) is 41.6 Å². The fourth-order valence-electron chi connectivity index (χ4n) is 3.42. The lowest BCUT2D eigenvalue weighted by Gasteiger charge is -2.38. The first-order valence-corrected chi connectivity index (χ1v) is 8.83. The summed E-state index contributed by atoms with van der Waals surface area (Å²) in [6.45, 7) is 4.50. The molecule has 2 aliphatic heterocycles. The molecule has 1 spiro atoms. The number of likely N-dealkylation sites (tertiary alicyclic amines) is 1. The minimum atomic E-state index is 0. The van der Waals surface area contributed by atoms with Crippen LogP contribution < -0.4 is 10.1 Å². The molecular weight excluding hydrogens is 380 g/mol. The third-order valence-corrected chi connectivity index (χ3v) is 5.38. The number of benzene rings is 1. The van der Waals surface area contributed by atoms with Crippen LogP contribution in [0.4, 0.5) is 0 Å². The lowest BCUT2D eigenvalue weighted by Crippen LogP contribution is -2.44. The molecule has 3 rings (SSSR count). The molecule has 0 radical (unpaired) electrons. The summed E-state index contributed by atoms with van der Waals surface area (Å²) >= 11 is 3.41. The molecule has 0 atom stereocenters. The standard InChI is InChI=1S/C17H23BrN2O2.ClH/c18-14-2-1-3-15(12-14)22-11-4-16(21)20-9-6-17(7-10-20)5-8-19-13-17;/h1-3,12,19H,4-11,13H2;1H. The maximum absolute atomic E-state index is 12.3. The van der Waals surface area contributed by atoms with Crippen molar-refractivity contribution in [2.45, 2.75) is 25.7 Å². The van der Waals surface area contributed by atoms with Gasteiger partial charge in [0.25, 0.3) is 0 Å². The van der Waals surface area contributed by atoms with Gasteiger partial charge in [0.1, 0.15) is 5.75 Å². The highest BCUT2D eigenvalue weighted by atomic mass is 79.9. The fourth-order valence-corrected chi connectivity index (χ4v) is 3.80. The van der Waals surface area contributed by atoms with Crippen molar-refractivity contribution in [3.05, 3.63) is 28.7 Å². The van der Waals surface area contributed by atoms with Crippen molar-refractivity contribution in [2.75, 3.05) is 32.8 Å². The van der Waals surface area contributed by atoms with Gasteiger partial charge in [0, 0.05) is 24.1 Å². The van der Waals surface area contributed by atoms with Crippen LogP contribution in [0.5, 0.6) is 5.75 Å². The summed E-state index contributed by atoms with van der Waals surface area (Å²) in [5, 5.41) is 3.46. The van der Waals surface area contributed by atoms with Gasteiger partial charge in [-0.15, -0.1) is 12.4 Å². The SMILES string of the molecule is Cl.O=C(CCOc1cccc(Br)c1)N1CCC2(CCNC2)CC1. The highest BCUT2D eigenvalue weighted by Gasteiger charge is 2.37. The molecule has 4 nitrogen and oxygen atoms in total. The zero-order valence-corrected chi connectivity index (χ0v) is 15.6. The van der Waals surface area contributed by atoms with E-state index in [0.29, 0.717) is 18.4 Å². The van der Waals surface area contributed by atoms with Gasteiger partial charge in [0.15, 0.2) is 0 Å². The number of nitrogens with one attached hydrogen (secondary N) is 1. The normalized spacial score (nSPS) is 19.4. The molecule has 1 N–H and O–H groups in total. The zero-order valence-electron chi connectivity index (χ0n) is 13.2. The van der Waals surface area contributed by atoms with Crippen LogP contribution in [0.25, 0.3) is 0 Å². The fraction of sp³-hybridized carbons (Fsp3) is 0.588. The molecule has 0 saturated carbocycles. The molecule has 2 saturated heterocycles. The van der Waals surface area contributed by atoms with Crippen LogP contribution >= 0.6 is 28.3 Å². The Balaban J connectivity index is 0.00000192. The number of ether oxygens (including phenoxy) is 1. The summed E-state index contributed by atoms with van der Waals surface area (Å²) < 4.78 is 6.64. The van der Waals surface area contributed by atoms with Crippen LogP contribution in [0.2, 0.25) is 0 Å². The van der Waals surface area contributed by atoms with Crippen molar-refractivity contribution in [1.82, 2.24) is 10.2 Å². The van der Waals surface area contributed by atoms with Crippen LogP contribution in [0.1, 0.15) is 25.7 Å². The first kappa shape index (κ1) is 18.6. The minimum absolute atomic E-state index is 0. The number of nitrogens with zero attached hydrogens (tertiary/aromatic N) is 1. The summed E-state index contributed by atoms with van der Waals surface area (Å²) in [6, 6.07) is 7.72. The molecule has 1 amide bonds. The maximum Gasteiger partial charge on any atom is 0.225 e. The molecule has 6 heteroatoms. The Bertz CT molecular complexity index is 525. The monoisotopic (exact) mass is 402 g/mol. The van der Waals surface area contributed by atoms with Gasteiger partial charge in [-0.05, 0) is 49.4 Å². The van der Waals surface area contributed by atoms with Gasteiger partial charge in [0.2, 0.25) is 5.91 Å². The van der Waals surface area contributed by atoms with Gasteiger partial charge >= 0.3 is 0 Å². The van der Waals surface area contributed by atoms with Gasteiger partial charge in [-0.1, -0.05) is 22.0 Å². The van der Waals surface area contributed by atoms with Crippen LogP contribution in [-0.4, -0.2) is 43.6 Å². The molecule has 128 valence electrons. The van der Waals surface area contributed by atoms with E-state index in [4.69, 9.17) is 4.74 Å². The van der Waals surface area contributed by atoms with Crippen LogP contribution in [0.3, 0.4) is 0 Å². The average molecular weight is 404 g/mol. The van der Waals surface area contributed by atoms with Gasteiger partial charge in [0.05, 0.1) is 13.0 Å². The third-order valence-electron chi connectivity index (χ3n) is 4.89. The highest BCUT2D eigenvalue weighted by Crippen LogP contribution is 2.36. The second-order valence-corrected chi connectivity index (χ2v) is 7.28. The molecule has 1 aromatic carbocycles. The maximum atomic E-state index is 12.3. The van der Waals surface area contributed by atoms with Crippen molar-refractivity contribution in [3.63, 3.8) is 0 Å². The van der Waals surface area contributed by atoms with Crippen LogP contribution in [0.15, 0.2) is 28.7 Å². The molecule has 0 unspecified atom stereocenters. The summed E-state index contributed by atoms with van der Waals surface area (Å²) in [4.78, 5) is 14.3. The number of amides is 1. The first-order chi connectivity index (χ1) is 10.7. The third kappa shape index (κ3) is 4.85. The number of halogens is 2. The Kier molecular flexibility index (Phi) is 6.74. The van der Waals surface area contributed by atoms with Crippen molar-refractivity contribution in [3.8, 4) is 5.75 Å². The second-order valence-electron chi connectivity index (χ2n) is 6.36. The predicted octanol–water partition coefficient (Wildman–Crippen LogP) is 3.24. The quantitative estimate of drug-likeness (QED) is 0.839. The number of carbonyl (C=O) groups excluding carboxylic acids is 1. The number of carbonyl (C=O) groups is 1. The number of piperidine rings is 1. The second kappa shape index (κ2) is 8.36. The molecule has 0 bridgehead atoms. The lowest BCUT2D eigenvalue weighted by atomic mass is 9.78. The van der Waals surface area contributed by atoms with E-state index >= 15 is 0 Å². The highest BCUT2D eigenvalue weighted by molar-refractivity contribution is 9.10. The van der Waals surface area contributed by atoms with Crippen LogP contribution in [0, 0.1) is 5.41 Å². The van der Waals surface area contributed by atoms with E-state index in [0.717, 1.165) is 49.2 Å². The molecule has 2 fully saturated rings. The van der Waals surface area contributed by atoms with E-state index < -0.39 is 0 Å². The molecule has 0 aromatic heterocycles. The lowest BCUT2D eigenvalue weighted by molar-refractivity contribution is -0.133. The Morgan fingerprint density at radius 3 is 2.74 bits per heavy atom. The van der Waals surface area contributed by atoms with Gasteiger partial charge in [-0.2, -0.15) is 0 Å². The Hall–Kier alpha value is -0.780. The van der Waals surface area contributed by atoms with Crippen molar-refractivity contribution in [1.29, 1.82) is 0 Å². The number of hydrogen-bond acceptors (Lipinski definition) is 3. The van der Waals surface area contributed by atoms with Gasteiger partial charge in [-0.3, -0.25) is 4.79 Å². The van der Waals surface area contributed by atoms with Crippen LogP contribution in [-0.2, 0) is 4.79 Å². The largest absolute Gasteiger partial charge is 0.493 e. The minimum Gasteiger partial charge on any atom is -0.493 e. The summed E-state index contributed by atoms with van der Waals surface area (Å²) in [5.74, 6) is 1.02. The number of rotatable bonds is 4. The van der Waals surface area contributed by atoms with E-state index in [1.807, 2.05) is 29.2 Å². The van der Waals surface area contributed by atoms with E-state index in [9.17, 15) is 4.79 Å². The Morgan fingerprint density at radius 1 is 1.30 bits per heavy atom. The molecular formula is C17H24BrClN2O2. The first-order valence-electron chi connectivity index (χ1n) is 8.04. The summed E-state index contributed by atoms with van der Waals surface area (Å²) in [7, 11) is 0. The van der Waals surface area contributed by atoms with E-state index in [1.165, 1.54) is 6.42 Å². The van der Waals surface area contributed by atoms with E-state index in [1.54, 1.807) is 0 Å². The number of hydrogen-bond donors (Lipinski definition) is 1. The van der Waals surface area contributed by atoms with Crippen molar-refractivity contribution < 1.29 is 9.53 Å². The van der Waals surface area contributed by atoms with Crippen molar-refractivity contribution >= 4 is 34.2 Å². The van der Waals surface area contributed by atoms with Crippen molar-refractivity contribution in [2.24, 2.45) is 5.41 Å². The molecule has 23 heavy (non-hydrogen) atoms. The molecule has 2 aliphatic rings. The Labute approximate surface area is 152 Å². The molecule has 1 aromatic rings. The van der Waals surface area contributed by atoms with E-state index in [2.05, 4.69) is 21.2 Å². The summed E-state index contributed by atoms with van der Waals surface area (Å²) in [5.41, 5.74) is 0.462. The van der Waals surface area contributed by atoms with Gasteiger partial charge in [-0.25, -0.2) is 0 Å². The zero-order chi connectivity index (χ0) is 15.4. The molecule has 0 aliphatic carbocycles. The predicted molar refractivity (Wildman–Crippen MR) is 97.2 cm³/mol. The molecule has 2 heterocycles. The average Bonchev–Trinajstić information content (AvgIpc) is 2.96. The smallest absolute Gasteiger partial charge is 0.225 e. The van der Waals surface area contributed by atoms with E-state index in [-0.39, 0.29) is 18.3 Å². The Morgan fingerprint density at radius 2 is 2.09 bits per heavy atom. The van der Waals surface area contributed by atoms with Gasteiger partial charge < -0.3 is 15.0 Å². The summed E-state index contributed by atoms with van der Waals surface area (Å²) in [6.07, 6.45) is 4.00.